The molecule has 0 atom stereocenters. The average Bonchev–Trinajstić information content (AvgIpc) is 3.17. The third-order valence-corrected chi connectivity index (χ3v) is 3.50. The number of hydrogen-bond acceptors (Lipinski definition) is 2. The molecule has 1 saturated carbocycles. The van der Waals surface area contributed by atoms with E-state index in [0.717, 1.165) is 18.3 Å². The summed E-state index contributed by atoms with van der Waals surface area (Å²) in [7, 11) is 0. The number of nitrogens with one attached hydrogen (secondary N) is 1. The van der Waals surface area contributed by atoms with Gasteiger partial charge in [-0.3, -0.25) is 0 Å². The maximum absolute atomic E-state index is 5.76. The minimum Gasteiger partial charge on any atom is -0.491 e. The number of benzene rings is 1. The Balaban J connectivity index is 2.07. The summed E-state index contributed by atoms with van der Waals surface area (Å²) < 4.78 is 5.76. The van der Waals surface area contributed by atoms with Gasteiger partial charge in [0, 0.05) is 12.6 Å². The van der Waals surface area contributed by atoms with Crippen molar-refractivity contribution < 1.29 is 4.74 Å². The van der Waals surface area contributed by atoms with Gasteiger partial charge in [0.15, 0.2) is 0 Å². The highest BCUT2D eigenvalue weighted by atomic mass is 16.5. The van der Waals surface area contributed by atoms with E-state index >= 15 is 0 Å². The van der Waals surface area contributed by atoms with Crippen molar-refractivity contribution in [3.05, 3.63) is 35.4 Å². The lowest BCUT2D eigenvalue weighted by atomic mass is 10.00. The zero-order chi connectivity index (χ0) is 14.5. The summed E-state index contributed by atoms with van der Waals surface area (Å²) >= 11 is 0. The van der Waals surface area contributed by atoms with E-state index in [0.29, 0.717) is 5.92 Å². The Morgan fingerprint density at radius 3 is 2.65 bits per heavy atom. The number of rotatable bonds is 7. The molecular formula is C18H27NO. The van der Waals surface area contributed by atoms with Crippen LogP contribution in [0.1, 0.15) is 46.1 Å². The molecule has 0 bridgehead atoms. The van der Waals surface area contributed by atoms with Gasteiger partial charge in [0.25, 0.3) is 0 Å². The molecule has 1 aliphatic carbocycles. The van der Waals surface area contributed by atoms with Gasteiger partial charge < -0.3 is 10.1 Å². The first-order valence-corrected chi connectivity index (χ1v) is 7.75. The average molecular weight is 273 g/mol. The van der Waals surface area contributed by atoms with Crippen molar-refractivity contribution in [1.82, 2.24) is 5.32 Å². The fourth-order valence-electron chi connectivity index (χ4n) is 2.14. The molecule has 1 aromatic rings. The molecule has 0 radical (unpaired) electrons. The van der Waals surface area contributed by atoms with Crippen LogP contribution in [0.15, 0.2) is 29.8 Å². The van der Waals surface area contributed by atoms with E-state index in [2.05, 4.69) is 57.3 Å². The fraction of sp³-hybridized carbons (Fsp3) is 0.556. The first-order valence-electron chi connectivity index (χ1n) is 7.75. The van der Waals surface area contributed by atoms with Crippen molar-refractivity contribution in [2.24, 2.45) is 5.92 Å². The van der Waals surface area contributed by atoms with Crippen LogP contribution < -0.4 is 10.1 Å². The summed E-state index contributed by atoms with van der Waals surface area (Å²) in [5.41, 5.74) is 2.68. The molecule has 2 rings (SSSR count). The SMILES string of the molecule is CC(C)Oc1cccc(C=C(CNC2CC2)C(C)C)c1. The van der Waals surface area contributed by atoms with Gasteiger partial charge in [0.05, 0.1) is 6.10 Å². The van der Waals surface area contributed by atoms with E-state index < -0.39 is 0 Å². The Morgan fingerprint density at radius 1 is 1.30 bits per heavy atom. The minimum absolute atomic E-state index is 0.218. The topological polar surface area (TPSA) is 21.3 Å². The third-order valence-electron chi connectivity index (χ3n) is 3.50. The van der Waals surface area contributed by atoms with Crippen molar-refractivity contribution in [3.8, 4) is 5.75 Å². The van der Waals surface area contributed by atoms with Crippen LogP contribution in [-0.4, -0.2) is 18.7 Å². The highest BCUT2D eigenvalue weighted by molar-refractivity contribution is 5.55. The molecule has 20 heavy (non-hydrogen) atoms. The molecule has 1 fully saturated rings. The van der Waals surface area contributed by atoms with Crippen molar-refractivity contribution in [3.63, 3.8) is 0 Å². The van der Waals surface area contributed by atoms with Gasteiger partial charge >= 0.3 is 0 Å². The molecule has 2 heteroatoms. The van der Waals surface area contributed by atoms with Crippen LogP contribution in [0.25, 0.3) is 6.08 Å². The second kappa shape index (κ2) is 6.94. The quantitative estimate of drug-likeness (QED) is 0.801. The molecule has 1 aliphatic rings. The zero-order valence-electron chi connectivity index (χ0n) is 13.1. The van der Waals surface area contributed by atoms with Gasteiger partial charge in [0.2, 0.25) is 0 Å². The Hall–Kier alpha value is -1.28. The van der Waals surface area contributed by atoms with Gasteiger partial charge in [-0.1, -0.05) is 37.6 Å². The summed E-state index contributed by atoms with van der Waals surface area (Å²) in [6, 6.07) is 9.12. The summed E-state index contributed by atoms with van der Waals surface area (Å²) in [4.78, 5) is 0. The lowest BCUT2D eigenvalue weighted by molar-refractivity contribution is 0.242. The van der Waals surface area contributed by atoms with E-state index in [1.165, 1.54) is 24.0 Å². The smallest absolute Gasteiger partial charge is 0.120 e. The van der Waals surface area contributed by atoms with Crippen LogP contribution in [0.3, 0.4) is 0 Å². The Kier molecular flexibility index (Phi) is 5.24. The molecule has 0 spiro atoms. The first-order chi connectivity index (χ1) is 9.54. The monoisotopic (exact) mass is 273 g/mol. The third kappa shape index (κ3) is 5.01. The van der Waals surface area contributed by atoms with Gasteiger partial charge in [-0.25, -0.2) is 0 Å². The lowest BCUT2D eigenvalue weighted by Crippen LogP contribution is -2.21. The molecule has 0 saturated heterocycles. The molecular weight excluding hydrogens is 246 g/mol. The largest absolute Gasteiger partial charge is 0.491 e. The van der Waals surface area contributed by atoms with E-state index in [-0.39, 0.29) is 6.10 Å². The Morgan fingerprint density at radius 2 is 2.05 bits per heavy atom. The Bertz CT molecular complexity index is 458. The highest BCUT2D eigenvalue weighted by Gasteiger charge is 2.20. The van der Waals surface area contributed by atoms with Crippen LogP contribution in [-0.2, 0) is 0 Å². The standard InChI is InChI=1S/C18H27NO/c1-13(2)16(12-19-17-8-9-17)10-15-6-5-7-18(11-15)20-14(3)4/h5-7,10-11,13-14,17,19H,8-9,12H2,1-4H3. The summed E-state index contributed by atoms with van der Waals surface area (Å²) in [6.45, 7) is 9.63. The molecule has 0 heterocycles. The van der Waals surface area contributed by atoms with Crippen LogP contribution in [0.4, 0.5) is 0 Å². The van der Waals surface area contributed by atoms with E-state index in [9.17, 15) is 0 Å². The van der Waals surface area contributed by atoms with Crippen molar-refractivity contribution in [2.45, 2.75) is 52.7 Å². The predicted octanol–water partition coefficient (Wildman–Crippen LogP) is 4.27. The second-order valence-corrected chi connectivity index (χ2v) is 6.27. The Labute approximate surface area is 123 Å². The second-order valence-electron chi connectivity index (χ2n) is 6.27. The molecule has 110 valence electrons. The van der Waals surface area contributed by atoms with Crippen LogP contribution in [0, 0.1) is 5.92 Å². The van der Waals surface area contributed by atoms with Crippen LogP contribution in [0.5, 0.6) is 5.75 Å². The van der Waals surface area contributed by atoms with Crippen molar-refractivity contribution in [1.29, 1.82) is 0 Å². The molecule has 2 nitrogen and oxygen atoms in total. The maximum Gasteiger partial charge on any atom is 0.120 e. The van der Waals surface area contributed by atoms with Gasteiger partial charge in [-0.15, -0.1) is 0 Å². The molecule has 0 unspecified atom stereocenters. The molecule has 0 aromatic heterocycles. The van der Waals surface area contributed by atoms with Crippen molar-refractivity contribution >= 4 is 6.08 Å². The fourth-order valence-corrected chi connectivity index (χ4v) is 2.14. The molecule has 1 aromatic carbocycles. The zero-order valence-corrected chi connectivity index (χ0v) is 13.1. The highest BCUT2D eigenvalue weighted by Crippen LogP contribution is 2.22. The summed E-state index contributed by atoms with van der Waals surface area (Å²) in [5, 5.41) is 3.61. The molecule has 1 N–H and O–H groups in total. The van der Waals surface area contributed by atoms with Gasteiger partial charge in [-0.05, 0) is 50.3 Å². The summed E-state index contributed by atoms with van der Waals surface area (Å²) in [6.07, 6.45) is 5.19. The van der Waals surface area contributed by atoms with E-state index in [4.69, 9.17) is 4.74 Å². The summed E-state index contributed by atoms with van der Waals surface area (Å²) in [5.74, 6) is 1.52. The number of ether oxygens (including phenoxy) is 1. The number of hydrogen-bond donors (Lipinski definition) is 1. The van der Waals surface area contributed by atoms with Crippen LogP contribution in [0.2, 0.25) is 0 Å². The molecule has 0 aliphatic heterocycles. The van der Waals surface area contributed by atoms with Gasteiger partial charge in [0.1, 0.15) is 5.75 Å². The normalized spacial score (nSPS) is 16.0. The predicted molar refractivity (Wildman–Crippen MR) is 86.0 cm³/mol. The van der Waals surface area contributed by atoms with Crippen molar-refractivity contribution in [2.75, 3.05) is 6.54 Å². The minimum atomic E-state index is 0.218. The van der Waals surface area contributed by atoms with E-state index in [1.807, 2.05) is 6.07 Å². The first kappa shape index (κ1) is 15.1. The lowest BCUT2D eigenvalue weighted by Gasteiger charge is -2.14. The van der Waals surface area contributed by atoms with Gasteiger partial charge in [-0.2, -0.15) is 0 Å². The maximum atomic E-state index is 5.76. The van der Waals surface area contributed by atoms with E-state index in [1.54, 1.807) is 0 Å². The van der Waals surface area contributed by atoms with Crippen LogP contribution >= 0.6 is 0 Å². The molecule has 0 amide bonds.